The Morgan fingerprint density at radius 2 is 1.81 bits per heavy atom. The molecule has 0 radical (unpaired) electrons. The molecule has 0 fully saturated rings. The molecule has 0 aromatic heterocycles. The van der Waals surface area contributed by atoms with E-state index in [9.17, 15) is 9.18 Å². The fourth-order valence-electron chi connectivity index (χ4n) is 2.06. The van der Waals surface area contributed by atoms with Crippen LogP contribution in [-0.2, 0) is 17.8 Å². The standard InChI is InChI=1S/C17H17FO3/c1-20-15-9-10-16(17(18)14(15)8-5-11-19)21-12-13-6-3-2-4-7-13/h2-4,6-7,9-11H,5,8,12H2,1H3. The van der Waals surface area contributed by atoms with E-state index in [2.05, 4.69) is 0 Å². The van der Waals surface area contributed by atoms with E-state index in [4.69, 9.17) is 9.47 Å². The van der Waals surface area contributed by atoms with Gasteiger partial charge in [-0.05, 0) is 24.1 Å². The zero-order valence-corrected chi connectivity index (χ0v) is 11.8. The van der Waals surface area contributed by atoms with E-state index in [0.717, 1.165) is 11.8 Å². The lowest BCUT2D eigenvalue weighted by molar-refractivity contribution is -0.107. The normalized spacial score (nSPS) is 10.2. The third kappa shape index (κ3) is 3.81. The maximum atomic E-state index is 14.4. The van der Waals surface area contributed by atoms with E-state index in [1.54, 1.807) is 12.1 Å². The average molecular weight is 288 g/mol. The first-order chi connectivity index (χ1) is 10.3. The Morgan fingerprint density at radius 3 is 2.48 bits per heavy atom. The van der Waals surface area contributed by atoms with E-state index in [-0.39, 0.29) is 18.8 Å². The highest BCUT2D eigenvalue weighted by Crippen LogP contribution is 2.30. The molecule has 0 unspecified atom stereocenters. The van der Waals surface area contributed by atoms with Gasteiger partial charge in [-0.2, -0.15) is 0 Å². The first-order valence-electron chi connectivity index (χ1n) is 6.72. The molecular weight excluding hydrogens is 271 g/mol. The van der Waals surface area contributed by atoms with Crippen molar-refractivity contribution in [2.24, 2.45) is 0 Å². The maximum Gasteiger partial charge on any atom is 0.171 e. The van der Waals surface area contributed by atoms with Gasteiger partial charge in [0, 0.05) is 12.0 Å². The minimum absolute atomic E-state index is 0.167. The molecule has 2 aromatic carbocycles. The number of ether oxygens (including phenoxy) is 2. The Labute approximate surface area is 123 Å². The Balaban J connectivity index is 2.17. The van der Waals surface area contributed by atoms with Gasteiger partial charge in [0.1, 0.15) is 18.6 Å². The first kappa shape index (κ1) is 15.0. The molecule has 0 N–H and O–H groups in total. The van der Waals surface area contributed by atoms with Gasteiger partial charge in [-0.1, -0.05) is 30.3 Å². The summed E-state index contributed by atoms with van der Waals surface area (Å²) in [6.45, 7) is 0.289. The SMILES string of the molecule is COc1ccc(OCc2ccccc2)c(F)c1CCC=O. The number of rotatable bonds is 7. The Bertz CT molecular complexity index is 596. The van der Waals surface area contributed by atoms with Crippen molar-refractivity contribution >= 4 is 6.29 Å². The molecule has 0 spiro atoms. The van der Waals surface area contributed by atoms with Crippen LogP contribution in [0.25, 0.3) is 0 Å². The molecule has 0 aliphatic rings. The van der Waals surface area contributed by atoms with E-state index < -0.39 is 5.82 Å². The second-order valence-corrected chi connectivity index (χ2v) is 4.54. The monoisotopic (exact) mass is 288 g/mol. The quantitative estimate of drug-likeness (QED) is 0.731. The number of carbonyl (C=O) groups is 1. The molecule has 2 aromatic rings. The van der Waals surface area contributed by atoms with Crippen LogP contribution in [0.3, 0.4) is 0 Å². The summed E-state index contributed by atoms with van der Waals surface area (Å²) >= 11 is 0. The van der Waals surface area contributed by atoms with E-state index in [1.807, 2.05) is 30.3 Å². The molecule has 4 heteroatoms. The molecule has 0 bridgehead atoms. The highest BCUT2D eigenvalue weighted by molar-refractivity contribution is 5.52. The predicted octanol–water partition coefficient (Wildman–Crippen LogP) is 3.54. The summed E-state index contributed by atoms with van der Waals surface area (Å²) in [7, 11) is 1.48. The lowest BCUT2D eigenvalue weighted by atomic mass is 10.1. The second kappa shape index (κ2) is 7.43. The summed E-state index contributed by atoms with van der Waals surface area (Å²) in [6, 6.07) is 12.7. The number of hydrogen-bond donors (Lipinski definition) is 0. The number of aldehydes is 1. The highest BCUT2D eigenvalue weighted by Gasteiger charge is 2.15. The average Bonchev–Trinajstić information content (AvgIpc) is 2.53. The number of methoxy groups -OCH3 is 1. The van der Waals surface area contributed by atoms with Crippen LogP contribution >= 0.6 is 0 Å². The molecule has 21 heavy (non-hydrogen) atoms. The molecule has 0 saturated carbocycles. The maximum absolute atomic E-state index is 14.4. The molecule has 0 amide bonds. The lowest BCUT2D eigenvalue weighted by Crippen LogP contribution is -2.02. The van der Waals surface area contributed by atoms with Gasteiger partial charge in [0.05, 0.1) is 7.11 Å². The van der Waals surface area contributed by atoms with Gasteiger partial charge in [-0.15, -0.1) is 0 Å². The molecule has 0 atom stereocenters. The van der Waals surface area contributed by atoms with Gasteiger partial charge in [0.15, 0.2) is 11.6 Å². The van der Waals surface area contributed by atoms with Crippen LogP contribution < -0.4 is 9.47 Å². The minimum Gasteiger partial charge on any atom is -0.496 e. The van der Waals surface area contributed by atoms with Gasteiger partial charge in [-0.25, -0.2) is 4.39 Å². The minimum atomic E-state index is -0.466. The zero-order valence-electron chi connectivity index (χ0n) is 11.8. The predicted molar refractivity (Wildman–Crippen MR) is 78.1 cm³/mol. The van der Waals surface area contributed by atoms with Crippen LogP contribution in [-0.4, -0.2) is 13.4 Å². The summed E-state index contributed by atoms with van der Waals surface area (Å²) in [5.41, 5.74) is 1.33. The summed E-state index contributed by atoms with van der Waals surface area (Å²) in [6.07, 6.45) is 1.30. The van der Waals surface area contributed by atoms with Crippen LogP contribution in [0.1, 0.15) is 17.5 Å². The van der Waals surface area contributed by atoms with Crippen LogP contribution in [0.5, 0.6) is 11.5 Å². The smallest absolute Gasteiger partial charge is 0.171 e. The van der Waals surface area contributed by atoms with Crippen LogP contribution in [0.15, 0.2) is 42.5 Å². The zero-order chi connectivity index (χ0) is 15.1. The third-order valence-corrected chi connectivity index (χ3v) is 3.13. The van der Waals surface area contributed by atoms with Gasteiger partial charge < -0.3 is 14.3 Å². The first-order valence-corrected chi connectivity index (χ1v) is 6.72. The molecule has 0 heterocycles. The van der Waals surface area contributed by atoms with E-state index in [0.29, 0.717) is 17.7 Å². The van der Waals surface area contributed by atoms with Crippen molar-refractivity contribution < 1.29 is 18.7 Å². The van der Waals surface area contributed by atoms with E-state index in [1.165, 1.54) is 7.11 Å². The van der Waals surface area contributed by atoms with Crippen LogP contribution in [0, 0.1) is 5.82 Å². The number of hydrogen-bond acceptors (Lipinski definition) is 3. The lowest BCUT2D eigenvalue weighted by Gasteiger charge is -2.13. The summed E-state index contributed by atoms with van der Waals surface area (Å²) in [4.78, 5) is 10.5. The Hall–Kier alpha value is -2.36. The van der Waals surface area contributed by atoms with E-state index >= 15 is 0 Å². The molecule has 0 saturated heterocycles. The molecule has 3 nitrogen and oxygen atoms in total. The Morgan fingerprint density at radius 1 is 1.10 bits per heavy atom. The fraction of sp³-hybridized carbons (Fsp3) is 0.235. The molecule has 0 aliphatic heterocycles. The molecule has 110 valence electrons. The van der Waals surface area contributed by atoms with Crippen LogP contribution in [0.2, 0.25) is 0 Å². The summed E-state index contributed by atoms with van der Waals surface area (Å²) < 4.78 is 25.1. The molecular formula is C17H17FO3. The van der Waals surface area contributed by atoms with Gasteiger partial charge in [0.2, 0.25) is 0 Å². The number of halogens is 1. The molecule has 0 aliphatic carbocycles. The topological polar surface area (TPSA) is 35.5 Å². The fourth-order valence-corrected chi connectivity index (χ4v) is 2.06. The third-order valence-electron chi connectivity index (χ3n) is 3.13. The van der Waals surface area contributed by atoms with Gasteiger partial charge in [0.25, 0.3) is 0 Å². The Kier molecular flexibility index (Phi) is 5.32. The van der Waals surface area contributed by atoms with Crippen molar-refractivity contribution in [2.45, 2.75) is 19.4 Å². The number of carbonyl (C=O) groups excluding carboxylic acids is 1. The summed E-state index contributed by atoms with van der Waals surface area (Å²) in [5, 5.41) is 0. The van der Waals surface area contributed by atoms with Gasteiger partial charge in [-0.3, -0.25) is 0 Å². The van der Waals surface area contributed by atoms with Crippen molar-refractivity contribution in [1.82, 2.24) is 0 Å². The van der Waals surface area contributed by atoms with Crippen molar-refractivity contribution in [3.63, 3.8) is 0 Å². The molecule has 2 rings (SSSR count). The largest absolute Gasteiger partial charge is 0.496 e. The number of benzene rings is 2. The summed E-state index contributed by atoms with van der Waals surface area (Å²) in [5.74, 6) is 0.133. The second-order valence-electron chi connectivity index (χ2n) is 4.54. The van der Waals surface area contributed by atoms with Crippen molar-refractivity contribution in [1.29, 1.82) is 0 Å². The highest BCUT2D eigenvalue weighted by atomic mass is 19.1. The van der Waals surface area contributed by atoms with Crippen LogP contribution in [0.4, 0.5) is 4.39 Å². The van der Waals surface area contributed by atoms with Gasteiger partial charge >= 0.3 is 0 Å². The van der Waals surface area contributed by atoms with Crippen molar-refractivity contribution in [2.75, 3.05) is 7.11 Å². The van der Waals surface area contributed by atoms with Crippen molar-refractivity contribution in [3.8, 4) is 11.5 Å². The van der Waals surface area contributed by atoms with Crippen molar-refractivity contribution in [3.05, 3.63) is 59.4 Å².